The maximum absolute atomic E-state index is 6.33. The number of rotatable bonds is 8. The van der Waals surface area contributed by atoms with Crippen LogP contribution in [0.3, 0.4) is 0 Å². The fraction of sp³-hybridized carbons (Fsp3) is 0. The molecule has 0 radical (unpaired) electrons. The maximum atomic E-state index is 6.33. The Morgan fingerprint density at radius 2 is 0.662 bits per heavy atom. The lowest BCUT2D eigenvalue weighted by molar-refractivity contribution is 0.669. The van der Waals surface area contributed by atoms with Gasteiger partial charge in [-0.15, -0.1) is 0 Å². The highest BCUT2D eigenvalue weighted by Crippen LogP contribution is 2.41. The number of aromatic nitrogens is 7. The van der Waals surface area contributed by atoms with Crippen LogP contribution in [0.4, 0.5) is 0 Å². The molecule has 13 rings (SSSR count). The zero-order valence-corrected chi connectivity index (χ0v) is 36.4. The summed E-state index contributed by atoms with van der Waals surface area (Å²) in [6, 6.07) is 76.6. The van der Waals surface area contributed by atoms with Crippen molar-refractivity contribution in [3.05, 3.63) is 224 Å². The molecule has 0 saturated carbocycles. The molecule has 0 amide bonds. The third kappa shape index (κ3) is 6.87. The Labute approximate surface area is 390 Å². The molecule has 8 nitrogen and oxygen atoms in total. The Morgan fingerprint density at radius 1 is 0.265 bits per heavy atom. The molecule has 318 valence electrons. The number of fused-ring (bicyclic) bond motifs is 6. The first-order chi connectivity index (χ1) is 33.7. The van der Waals surface area contributed by atoms with E-state index in [-0.39, 0.29) is 0 Å². The molecule has 0 bridgehead atoms. The van der Waals surface area contributed by atoms with Crippen molar-refractivity contribution < 1.29 is 4.42 Å². The maximum Gasteiger partial charge on any atom is 0.164 e. The van der Waals surface area contributed by atoms with Gasteiger partial charge in [-0.3, -0.25) is 0 Å². The first-order valence-electron chi connectivity index (χ1n) is 22.5. The van der Waals surface area contributed by atoms with E-state index in [1.165, 1.54) is 0 Å². The standard InChI is InChI=1S/C60H37N7O/c1-5-17-38(18-6-1)55-61-56(39-19-7-2-8-20-39)64-59(63-55)43-29-32-51(47(36-43)42-31-34-54-49(35-42)46-26-14-16-28-53(46)68-54)67-50-27-15-13-25-45(50)48-37-44(30-33-52(48)67)60-65-57(40-21-9-3-10-22-40)62-58(66-60)41-23-11-4-12-24-41/h1-37H. The van der Waals surface area contributed by atoms with E-state index in [9.17, 15) is 0 Å². The molecule has 4 aromatic heterocycles. The van der Waals surface area contributed by atoms with E-state index < -0.39 is 0 Å². The van der Waals surface area contributed by atoms with Gasteiger partial charge in [0.1, 0.15) is 11.2 Å². The van der Waals surface area contributed by atoms with Crippen molar-refractivity contribution in [2.45, 2.75) is 0 Å². The minimum atomic E-state index is 0.578. The Hall–Kier alpha value is -9.40. The average molecular weight is 872 g/mol. The molecule has 8 heteroatoms. The zero-order chi connectivity index (χ0) is 45.0. The van der Waals surface area contributed by atoms with Gasteiger partial charge in [-0.25, -0.2) is 29.9 Å². The predicted octanol–water partition coefficient (Wildman–Crippen LogP) is 14.7. The molecule has 0 atom stereocenters. The number of nitrogens with zero attached hydrogens (tertiary/aromatic N) is 7. The van der Waals surface area contributed by atoms with Crippen LogP contribution >= 0.6 is 0 Å². The number of furan rings is 1. The van der Waals surface area contributed by atoms with Gasteiger partial charge >= 0.3 is 0 Å². The molecule has 9 aromatic carbocycles. The zero-order valence-electron chi connectivity index (χ0n) is 36.4. The lowest BCUT2D eigenvalue weighted by atomic mass is 9.98. The molecule has 0 aliphatic rings. The fourth-order valence-electron chi connectivity index (χ4n) is 9.24. The number of hydrogen-bond acceptors (Lipinski definition) is 7. The second-order valence-corrected chi connectivity index (χ2v) is 16.7. The highest BCUT2D eigenvalue weighted by molar-refractivity contribution is 6.11. The van der Waals surface area contributed by atoms with Crippen LogP contribution in [0.15, 0.2) is 229 Å². The van der Waals surface area contributed by atoms with Gasteiger partial charge in [0.2, 0.25) is 0 Å². The second kappa shape index (κ2) is 16.2. The first kappa shape index (κ1) is 39.0. The average Bonchev–Trinajstić information content (AvgIpc) is 3.96. The summed E-state index contributed by atoms with van der Waals surface area (Å²) in [5, 5.41) is 4.29. The molecule has 0 spiro atoms. The number of benzene rings is 9. The van der Waals surface area contributed by atoms with Crippen molar-refractivity contribution in [3.63, 3.8) is 0 Å². The molecular formula is C60H37N7O. The largest absolute Gasteiger partial charge is 0.456 e. The van der Waals surface area contributed by atoms with Gasteiger partial charge < -0.3 is 8.98 Å². The third-order valence-corrected chi connectivity index (χ3v) is 12.5. The summed E-state index contributed by atoms with van der Waals surface area (Å²) in [6.45, 7) is 0. The smallest absolute Gasteiger partial charge is 0.164 e. The fourth-order valence-corrected chi connectivity index (χ4v) is 9.24. The third-order valence-electron chi connectivity index (χ3n) is 12.5. The van der Waals surface area contributed by atoms with Crippen LogP contribution in [0, 0.1) is 0 Å². The van der Waals surface area contributed by atoms with Crippen molar-refractivity contribution in [3.8, 4) is 85.1 Å². The van der Waals surface area contributed by atoms with Gasteiger partial charge in [-0.05, 0) is 66.2 Å². The molecule has 4 heterocycles. The van der Waals surface area contributed by atoms with Crippen LogP contribution in [0.1, 0.15) is 0 Å². The van der Waals surface area contributed by atoms with Crippen LogP contribution in [0.25, 0.3) is 129 Å². The Balaban J connectivity index is 1.03. The second-order valence-electron chi connectivity index (χ2n) is 16.7. The summed E-state index contributed by atoms with van der Waals surface area (Å²) < 4.78 is 8.69. The van der Waals surface area contributed by atoms with Crippen LogP contribution in [-0.2, 0) is 0 Å². The monoisotopic (exact) mass is 871 g/mol. The SMILES string of the molecule is c1ccc(-c2nc(-c3ccccc3)nc(-c3ccc(-n4c5ccccc5c5cc(-c6nc(-c7ccccc7)nc(-c7ccccc7)n6)ccc54)c(-c4ccc5oc6ccccc6c5c4)c3)n2)cc1. The molecule has 0 N–H and O–H groups in total. The summed E-state index contributed by atoms with van der Waals surface area (Å²) in [7, 11) is 0. The molecular weight excluding hydrogens is 835 g/mol. The van der Waals surface area contributed by atoms with Gasteiger partial charge in [0.05, 0.1) is 16.7 Å². The summed E-state index contributed by atoms with van der Waals surface area (Å²) >= 11 is 0. The molecule has 13 aromatic rings. The van der Waals surface area contributed by atoms with E-state index in [2.05, 4.69) is 95.6 Å². The first-order valence-corrected chi connectivity index (χ1v) is 22.5. The van der Waals surface area contributed by atoms with Gasteiger partial charge in [-0.1, -0.05) is 164 Å². The van der Waals surface area contributed by atoms with E-state index in [1.54, 1.807) is 0 Å². The van der Waals surface area contributed by atoms with Gasteiger partial charge in [-0.2, -0.15) is 0 Å². The molecule has 68 heavy (non-hydrogen) atoms. The van der Waals surface area contributed by atoms with E-state index in [0.717, 1.165) is 93.9 Å². The van der Waals surface area contributed by atoms with Crippen LogP contribution in [0.2, 0.25) is 0 Å². The van der Waals surface area contributed by atoms with E-state index >= 15 is 0 Å². The van der Waals surface area contributed by atoms with E-state index in [0.29, 0.717) is 34.9 Å². The number of hydrogen-bond donors (Lipinski definition) is 0. The lowest BCUT2D eigenvalue weighted by Gasteiger charge is -2.16. The van der Waals surface area contributed by atoms with Crippen molar-refractivity contribution >= 4 is 43.7 Å². The predicted molar refractivity (Wildman–Crippen MR) is 273 cm³/mol. The molecule has 0 unspecified atom stereocenters. The minimum absolute atomic E-state index is 0.578. The Bertz CT molecular complexity index is 3900. The van der Waals surface area contributed by atoms with Crippen molar-refractivity contribution in [2.75, 3.05) is 0 Å². The van der Waals surface area contributed by atoms with Crippen molar-refractivity contribution in [2.24, 2.45) is 0 Å². The topological polar surface area (TPSA) is 95.4 Å². The summed E-state index contributed by atoms with van der Waals surface area (Å²) in [4.78, 5) is 30.4. The highest BCUT2D eigenvalue weighted by Gasteiger charge is 2.21. The summed E-state index contributed by atoms with van der Waals surface area (Å²) in [6.07, 6.45) is 0. The normalized spacial score (nSPS) is 11.5. The van der Waals surface area contributed by atoms with E-state index in [1.807, 2.05) is 133 Å². The quantitative estimate of drug-likeness (QED) is 0.150. The van der Waals surface area contributed by atoms with Crippen molar-refractivity contribution in [1.82, 2.24) is 34.5 Å². The van der Waals surface area contributed by atoms with Crippen LogP contribution in [0.5, 0.6) is 0 Å². The Morgan fingerprint density at radius 3 is 1.22 bits per heavy atom. The summed E-state index contributed by atoms with van der Waals surface area (Å²) in [5.41, 5.74) is 12.2. The van der Waals surface area contributed by atoms with Gasteiger partial charge in [0.25, 0.3) is 0 Å². The molecule has 0 saturated heterocycles. The van der Waals surface area contributed by atoms with Crippen LogP contribution in [-0.4, -0.2) is 34.5 Å². The number of para-hydroxylation sites is 2. The minimum Gasteiger partial charge on any atom is -0.456 e. The summed E-state index contributed by atoms with van der Waals surface area (Å²) in [5.74, 6) is 3.63. The highest BCUT2D eigenvalue weighted by atomic mass is 16.3. The van der Waals surface area contributed by atoms with Gasteiger partial charge in [0.15, 0.2) is 34.9 Å². The molecule has 0 aliphatic heterocycles. The Kier molecular flexibility index (Phi) is 9.31. The van der Waals surface area contributed by atoms with Crippen LogP contribution < -0.4 is 0 Å². The lowest BCUT2D eigenvalue weighted by Crippen LogP contribution is -2.02. The van der Waals surface area contributed by atoms with E-state index in [4.69, 9.17) is 34.3 Å². The molecule has 0 fully saturated rings. The molecule has 0 aliphatic carbocycles. The van der Waals surface area contributed by atoms with Crippen molar-refractivity contribution in [1.29, 1.82) is 0 Å². The van der Waals surface area contributed by atoms with Gasteiger partial charge in [0, 0.05) is 60.5 Å².